The van der Waals surface area contributed by atoms with Gasteiger partial charge in [0.1, 0.15) is 0 Å². The summed E-state index contributed by atoms with van der Waals surface area (Å²) in [5, 5.41) is 16.7. The first-order valence-corrected chi connectivity index (χ1v) is 12.0. The first kappa shape index (κ1) is 20.5. The number of rotatable bonds is 3. The van der Waals surface area contributed by atoms with E-state index < -0.39 is 0 Å². The molecule has 5 rings (SSSR count). The zero-order chi connectivity index (χ0) is 21.4. The molecule has 1 saturated carbocycles. The summed E-state index contributed by atoms with van der Waals surface area (Å²) in [5.41, 5.74) is 6.32. The smallest absolute Gasteiger partial charge is 0.236 e. The fourth-order valence-electron chi connectivity index (χ4n) is 5.06. The van der Waals surface area contributed by atoms with Gasteiger partial charge in [-0.1, -0.05) is 77.8 Å². The minimum atomic E-state index is 0.00418. The Hall–Kier alpha value is -2.44. The minimum Gasteiger partial charge on any atom is -0.303 e. The first-order chi connectivity index (χ1) is 15.1. The van der Waals surface area contributed by atoms with Gasteiger partial charge in [0.2, 0.25) is 5.91 Å². The molecular weight excluding hydrogens is 404 g/mol. The summed E-state index contributed by atoms with van der Waals surface area (Å²) >= 11 is 1.43. The van der Waals surface area contributed by atoms with Gasteiger partial charge < -0.3 is 10.6 Å². The van der Waals surface area contributed by atoms with E-state index in [1.165, 1.54) is 46.1 Å². The number of piperidine rings is 1. The van der Waals surface area contributed by atoms with Gasteiger partial charge in [-0.25, -0.2) is 0 Å². The van der Waals surface area contributed by atoms with Crippen molar-refractivity contribution >= 4 is 28.5 Å². The van der Waals surface area contributed by atoms with Gasteiger partial charge in [-0.05, 0) is 37.8 Å². The Labute approximate surface area is 187 Å². The predicted molar refractivity (Wildman–Crippen MR) is 127 cm³/mol. The molecule has 31 heavy (non-hydrogen) atoms. The van der Waals surface area contributed by atoms with Crippen LogP contribution >= 0.6 is 11.8 Å². The summed E-state index contributed by atoms with van der Waals surface area (Å²) in [6.45, 7) is 4.25. The lowest BCUT2D eigenvalue weighted by Crippen LogP contribution is -2.50. The second-order valence-corrected chi connectivity index (χ2v) is 9.82. The molecule has 2 heterocycles. The summed E-state index contributed by atoms with van der Waals surface area (Å²) in [6.07, 6.45) is 3.40. The molecule has 2 N–H and O–H groups in total. The highest BCUT2D eigenvalue weighted by Crippen LogP contribution is 2.46. The number of carbonyl (C=O) groups is 1. The number of nitrogens with zero attached hydrogens (tertiary/aromatic N) is 2. The van der Waals surface area contributed by atoms with Crippen LogP contribution in [0.2, 0.25) is 0 Å². The summed E-state index contributed by atoms with van der Waals surface area (Å²) in [7, 11) is 0. The summed E-state index contributed by atoms with van der Waals surface area (Å²) in [4.78, 5) is 11.6. The van der Waals surface area contributed by atoms with Gasteiger partial charge >= 0.3 is 0 Å². The van der Waals surface area contributed by atoms with E-state index in [-0.39, 0.29) is 18.0 Å². The molecule has 5 nitrogen and oxygen atoms in total. The van der Waals surface area contributed by atoms with Crippen LogP contribution in [0.1, 0.15) is 53.6 Å². The van der Waals surface area contributed by atoms with Crippen molar-refractivity contribution in [3.8, 4) is 0 Å². The molecule has 2 bridgehead atoms. The monoisotopic (exact) mass is 432 g/mol. The van der Waals surface area contributed by atoms with E-state index in [1.54, 1.807) is 0 Å². The van der Waals surface area contributed by atoms with Gasteiger partial charge in [0.25, 0.3) is 0 Å². The van der Waals surface area contributed by atoms with Crippen LogP contribution in [-0.4, -0.2) is 22.5 Å². The van der Waals surface area contributed by atoms with Crippen LogP contribution in [0.4, 0.5) is 0 Å². The standard InChI is InChI=1S/C25H28N4OS/c1-15-6-10-17(11-7-15)22-19-4-3-5-20(23(27-22)18-12-8-16(2)9-13-18)24(19)28-29-25-26-21(30)14-31-25/h6-13,19-20,22-23,27H,3-5,14H2,1-2H3,(H,26,29,30). The van der Waals surface area contributed by atoms with Crippen molar-refractivity contribution < 1.29 is 4.79 Å². The number of benzene rings is 2. The highest BCUT2D eigenvalue weighted by molar-refractivity contribution is 8.15. The number of amides is 1. The van der Waals surface area contributed by atoms with Crippen molar-refractivity contribution in [3.05, 3.63) is 70.8 Å². The van der Waals surface area contributed by atoms with Crippen molar-refractivity contribution in [2.24, 2.45) is 22.0 Å². The third-order valence-corrected chi connectivity index (χ3v) is 7.53. The molecule has 3 fully saturated rings. The van der Waals surface area contributed by atoms with E-state index in [1.807, 2.05) is 0 Å². The van der Waals surface area contributed by atoms with Gasteiger partial charge in [0, 0.05) is 23.9 Å². The van der Waals surface area contributed by atoms with Gasteiger partial charge in [-0.15, -0.1) is 5.10 Å². The number of carbonyl (C=O) groups excluding carboxylic acids is 1. The molecule has 1 amide bonds. The highest BCUT2D eigenvalue weighted by atomic mass is 32.2. The lowest BCUT2D eigenvalue weighted by Gasteiger charge is -2.47. The van der Waals surface area contributed by atoms with Crippen molar-refractivity contribution in [1.82, 2.24) is 10.6 Å². The quantitative estimate of drug-likeness (QED) is 0.692. The van der Waals surface area contributed by atoms with E-state index in [4.69, 9.17) is 5.10 Å². The Morgan fingerprint density at radius 3 is 1.87 bits per heavy atom. The average Bonchev–Trinajstić information content (AvgIpc) is 3.19. The van der Waals surface area contributed by atoms with E-state index in [2.05, 4.69) is 78.1 Å². The minimum absolute atomic E-state index is 0.00418. The molecule has 2 saturated heterocycles. The molecule has 6 heteroatoms. The average molecular weight is 433 g/mol. The molecule has 4 unspecified atom stereocenters. The van der Waals surface area contributed by atoms with Gasteiger partial charge in [0.05, 0.1) is 11.5 Å². The number of thioether (sulfide) groups is 1. The van der Waals surface area contributed by atoms with Crippen molar-refractivity contribution in [2.45, 2.75) is 45.2 Å². The summed E-state index contributed by atoms with van der Waals surface area (Å²) in [5.74, 6) is 1.06. The molecule has 0 radical (unpaired) electrons. The highest BCUT2D eigenvalue weighted by Gasteiger charge is 2.45. The number of aryl methyl sites for hydroxylation is 2. The van der Waals surface area contributed by atoms with E-state index in [0.29, 0.717) is 22.8 Å². The molecule has 0 aromatic heterocycles. The predicted octanol–water partition coefficient (Wildman–Crippen LogP) is 4.68. The Balaban J connectivity index is 1.56. The lowest BCUT2D eigenvalue weighted by atomic mass is 9.67. The molecule has 0 spiro atoms. The normalized spacial score (nSPS) is 29.2. The maximum absolute atomic E-state index is 11.6. The second-order valence-electron chi connectivity index (χ2n) is 8.85. The molecule has 160 valence electrons. The van der Waals surface area contributed by atoms with Gasteiger partial charge in [-0.2, -0.15) is 5.10 Å². The van der Waals surface area contributed by atoms with Crippen LogP contribution in [0, 0.1) is 25.7 Å². The SMILES string of the molecule is Cc1ccc(C2NC(c3ccc(C)cc3)C3CCCC2C3=N/N=C2/NC(=O)CS2)cc1. The fraction of sp³-hybridized carbons (Fsp3) is 0.400. The van der Waals surface area contributed by atoms with Gasteiger partial charge in [0.15, 0.2) is 5.17 Å². The molecule has 3 aliphatic rings. The van der Waals surface area contributed by atoms with Crippen LogP contribution in [0.5, 0.6) is 0 Å². The van der Waals surface area contributed by atoms with E-state index >= 15 is 0 Å². The molecule has 2 aromatic carbocycles. The van der Waals surface area contributed by atoms with Crippen molar-refractivity contribution in [3.63, 3.8) is 0 Å². The zero-order valence-electron chi connectivity index (χ0n) is 18.0. The summed E-state index contributed by atoms with van der Waals surface area (Å²) < 4.78 is 0. The van der Waals surface area contributed by atoms with Crippen molar-refractivity contribution in [2.75, 3.05) is 5.75 Å². The first-order valence-electron chi connectivity index (χ1n) is 11.1. The number of fused-ring (bicyclic) bond motifs is 2. The third-order valence-electron chi connectivity index (χ3n) is 6.67. The van der Waals surface area contributed by atoms with Crippen LogP contribution < -0.4 is 10.6 Å². The third kappa shape index (κ3) is 4.19. The molecule has 4 atom stereocenters. The van der Waals surface area contributed by atoms with Gasteiger partial charge in [-0.3, -0.25) is 4.79 Å². The lowest BCUT2D eigenvalue weighted by molar-refractivity contribution is -0.116. The molecular formula is C25H28N4OS. The maximum Gasteiger partial charge on any atom is 0.236 e. The molecule has 2 aromatic rings. The number of amidine groups is 1. The zero-order valence-corrected chi connectivity index (χ0v) is 18.8. The van der Waals surface area contributed by atoms with E-state index in [9.17, 15) is 4.79 Å². The topological polar surface area (TPSA) is 65.8 Å². The fourth-order valence-corrected chi connectivity index (χ4v) is 5.69. The largest absolute Gasteiger partial charge is 0.303 e. The van der Waals surface area contributed by atoms with E-state index in [0.717, 1.165) is 12.8 Å². The Bertz CT molecular complexity index is 967. The summed E-state index contributed by atoms with van der Waals surface area (Å²) in [6, 6.07) is 18.1. The van der Waals surface area contributed by atoms with Crippen LogP contribution in [0.15, 0.2) is 58.7 Å². The number of hydrogen-bond acceptors (Lipinski definition) is 5. The maximum atomic E-state index is 11.6. The molecule has 1 aliphatic carbocycles. The second kappa shape index (κ2) is 8.60. The number of nitrogens with one attached hydrogen (secondary N) is 2. The van der Waals surface area contributed by atoms with Crippen molar-refractivity contribution in [1.29, 1.82) is 0 Å². The number of hydrogen-bond donors (Lipinski definition) is 2. The Morgan fingerprint density at radius 1 is 0.839 bits per heavy atom. The van der Waals surface area contributed by atoms with Crippen LogP contribution in [-0.2, 0) is 4.79 Å². The Morgan fingerprint density at radius 2 is 1.39 bits per heavy atom. The van der Waals surface area contributed by atoms with Crippen LogP contribution in [0.25, 0.3) is 0 Å². The Kier molecular flexibility index (Phi) is 5.67. The molecule has 2 aliphatic heterocycles. The van der Waals surface area contributed by atoms with Crippen LogP contribution in [0.3, 0.4) is 0 Å².